The number of unbranched alkanes of at least 4 members (excludes halogenated alkanes) is 1. The summed E-state index contributed by atoms with van der Waals surface area (Å²) < 4.78 is 0. The zero-order valence-electron chi connectivity index (χ0n) is 9.86. The maximum Gasteiger partial charge on any atom is 0.325 e. The number of benzene rings is 1. The maximum absolute atomic E-state index is 11.1. The van der Waals surface area contributed by atoms with E-state index in [-0.39, 0.29) is 0 Å². The Kier molecular flexibility index (Phi) is 4.99. The van der Waals surface area contributed by atoms with Gasteiger partial charge in [0.05, 0.1) is 0 Å². The summed E-state index contributed by atoms with van der Waals surface area (Å²) >= 11 is 0. The van der Waals surface area contributed by atoms with Crippen LogP contribution in [0, 0.1) is 6.92 Å². The third kappa shape index (κ3) is 3.66. The molecule has 1 unspecified atom stereocenters. The number of aryl methyl sites for hydroxylation is 1. The van der Waals surface area contributed by atoms with Crippen molar-refractivity contribution in [1.82, 2.24) is 5.32 Å². The lowest BCUT2D eigenvalue weighted by Gasteiger charge is -2.15. The molecule has 0 aliphatic rings. The Bertz CT molecular complexity index is 350. The molecule has 1 atom stereocenters. The third-order valence-electron chi connectivity index (χ3n) is 2.50. The Balaban J connectivity index is 2.73. The molecule has 0 heterocycles. The van der Waals surface area contributed by atoms with E-state index in [4.69, 9.17) is 5.11 Å². The fourth-order valence-electron chi connectivity index (χ4n) is 1.62. The molecule has 0 fully saturated rings. The van der Waals surface area contributed by atoms with Crippen LogP contribution in [0.1, 0.15) is 36.9 Å². The number of carbonyl (C=O) groups is 1. The molecule has 0 radical (unpaired) electrons. The molecule has 16 heavy (non-hydrogen) atoms. The van der Waals surface area contributed by atoms with Crippen LogP contribution >= 0.6 is 0 Å². The molecule has 1 aromatic carbocycles. The van der Waals surface area contributed by atoms with Gasteiger partial charge in [-0.15, -0.1) is 0 Å². The fourth-order valence-corrected chi connectivity index (χ4v) is 1.62. The maximum atomic E-state index is 11.1. The Morgan fingerprint density at radius 2 is 2.25 bits per heavy atom. The summed E-state index contributed by atoms with van der Waals surface area (Å²) in [6, 6.07) is 7.03. The van der Waals surface area contributed by atoms with E-state index >= 15 is 0 Å². The average Bonchev–Trinajstić information content (AvgIpc) is 2.24. The van der Waals surface area contributed by atoms with Crippen molar-refractivity contribution < 1.29 is 9.90 Å². The van der Waals surface area contributed by atoms with Crippen molar-refractivity contribution in [2.75, 3.05) is 6.54 Å². The SMILES string of the molecule is CCCCNC(C(=O)O)c1cccc(C)c1. The number of carboxylic acids is 1. The van der Waals surface area contributed by atoms with Crippen LogP contribution in [0.3, 0.4) is 0 Å². The molecular weight excluding hydrogens is 202 g/mol. The Morgan fingerprint density at radius 1 is 1.50 bits per heavy atom. The van der Waals surface area contributed by atoms with Gasteiger partial charge in [-0.25, -0.2) is 0 Å². The van der Waals surface area contributed by atoms with Crippen molar-refractivity contribution in [3.05, 3.63) is 35.4 Å². The molecule has 0 spiro atoms. The van der Waals surface area contributed by atoms with Gasteiger partial charge < -0.3 is 10.4 Å². The molecule has 0 aliphatic heterocycles. The smallest absolute Gasteiger partial charge is 0.325 e. The monoisotopic (exact) mass is 221 g/mol. The number of hydrogen-bond acceptors (Lipinski definition) is 2. The minimum atomic E-state index is -0.818. The minimum Gasteiger partial charge on any atom is -0.480 e. The number of rotatable bonds is 6. The quantitative estimate of drug-likeness (QED) is 0.726. The van der Waals surface area contributed by atoms with E-state index in [0.29, 0.717) is 0 Å². The number of hydrogen-bond donors (Lipinski definition) is 2. The van der Waals surface area contributed by atoms with Gasteiger partial charge in [-0.05, 0) is 25.5 Å². The molecule has 3 heteroatoms. The first kappa shape index (κ1) is 12.7. The Morgan fingerprint density at radius 3 is 2.81 bits per heavy atom. The number of carboxylic acid groups (broad SMARTS) is 1. The largest absolute Gasteiger partial charge is 0.480 e. The van der Waals surface area contributed by atoms with Gasteiger partial charge in [0.1, 0.15) is 6.04 Å². The Hall–Kier alpha value is -1.35. The number of aliphatic carboxylic acids is 1. The van der Waals surface area contributed by atoms with Crippen molar-refractivity contribution in [3.63, 3.8) is 0 Å². The lowest BCUT2D eigenvalue weighted by Crippen LogP contribution is -2.29. The topological polar surface area (TPSA) is 49.3 Å². The van der Waals surface area contributed by atoms with Crippen molar-refractivity contribution in [2.45, 2.75) is 32.7 Å². The van der Waals surface area contributed by atoms with E-state index in [2.05, 4.69) is 12.2 Å². The van der Waals surface area contributed by atoms with E-state index in [1.54, 1.807) is 0 Å². The molecule has 0 saturated carbocycles. The summed E-state index contributed by atoms with van der Waals surface area (Å²) in [5, 5.41) is 12.2. The minimum absolute atomic E-state index is 0.591. The van der Waals surface area contributed by atoms with Gasteiger partial charge in [-0.1, -0.05) is 43.2 Å². The third-order valence-corrected chi connectivity index (χ3v) is 2.50. The first-order valence-electron chi connectivity index (χ1n) is 5.68. The molecule has 88 valence electrons. The normalized spacial score (nSPS) is 12.4. The van der Waals surface area contributed by atoms with Gasteiger partial charge in [-0.2, -0.15) is 0 Å². The van der Waals surface area contributed by atoms with Crippen LogP contribution in [-0.4, -0.2) is 17.6 Å². The second-order valence-electron chi connectivity index (χ2n) is 3.99. The second-order valence-corrected chi connectivity index (χ2v) is 3.99. The molecule has 1 aromatic rings. The molecule has 0 bridgehead atoms. The van der Waals surface area contributed by atoms with Crippen LogP contribution in [-0.2, 0) is 4.79 Å². The van der Waals surface area contributed by atoms with E-state index in [1.807, 2.05) is 31.2 Å². The first-order valence-corrected chi connectivity index (χ1v) is 5.68. The molecule has 0 aromatic heterocycles. The van der Waals surface area contributed by atoms with Gasteiger partial charge in [-0.3, -0.25) is 4.79 Å². The van der Waals surface area contributed by atoms with Crippen LogP contribution in [0.15, 0.2) is 24.3 Å². The highest BCUT2D eigenvalue weighted by Crippen LogP contribution is 2.14. The van der Waals surface area contributed by atoms with Crippen molar-refractivity contribution >= 4 is 5.97 Å². The molecular formula is C13H19NO2. The van der Waals surface area contributed by atoms with E-state index < -0.39 is 12.0 Å². The highest BCUT2D eigenvalue weighted by atomic mass is 16.4. The summed E-state index contributed by atoms with van der Waals surface area (Å²) in [4.78, 5) is 11.1. The zero-order chi connectivity index (χ0) is 12.0. The first-order chi connectivity index (χ1) is 7.65. The summed E-state index contributed by atoms with van der Waals surface area (Å²) in [6.45, 7) is 4.79. The average molecular weight is 221 g/mol. The van der Waals surface area contributed by atoms with Gasteiger partial charge >= 0.3 is 5.97 Å². The summed E-state index contributed by atoms with van der Waals surface area (Å²) in [7, 11) is 0. The molecule has 0 saturated heterocycles. The summed E-state index contributed by atoms with van der Waals surface area (Å²) in [5.41, 5.74) is 1.91. The van der Waals surface area contributed by atoms with Crippen molar-refractivity contribution in [2.24, 2.45) is 0 Å². The molecule has 2 N–H and O–H groups in total. The standard InChI is InChI=1S/C13H19NO2/c1-3-4-8-14-12(13(15)16)11-7-5-6-10(2)9-11/h5-7,9,12,14H,3-4,8H2,1-2H3,(H,15,16). The van der Waals surface area contributed by atoms with Crippen LogP contribution in [0.5, 0.6) is 0 Å². The number of nitrogens with one attached hydrogen (secondary N) is 1. The zero-order valence-corrected chi connectivity index (χ0v) is 9.86. The van der Waals surface area contributed by atoms with Crippen LogP contribution in [0.4, 0.5) is 0 Å². The van der Waals surface area contributed by atoms with E-state index in [9.17, 15) is 4.79 Å². The predicted octanol–water partition coefficient (Wildman–Crippen LogP) is 2.51. The highest BCUT2D eigenvalue weighted by Gasteiger charge is 2.18. The lowest BCUT2D eigenvalue weighted by molar-refractivity contribution is -0.139. The Labute approximate surface area is 96.5 Å². The van der Waals surface area contributed by atoms with Crippen molar-refractivity contribution in [3.8, 4) is 0 Å². The highest BCUT2D eigenvalue weighted by molar-refractivity contribution is 5.75. The van der Waals surface area contributed by atoms with Gasteiger partial charge in [0.25, 0.3) is 0 Å². The van der Waals surface area contributed by atoms with Crippen LogP contribution < -0.4 is 5.32 Å². The molecule has 0 aliphatic carbocycles. The lowest BCUT2D eigenvalue weighted by atomic mass is 10.0. The second kappa shape index (κ2) is 6.28. The van der Waals surface area contributed by atoms with E-state index in [1.165, 1.54) is 0 Å². The van der Waals surface area contributed by atoms with E-state index in [0.717, 1.165) is 30.5 Å². The predicted molar refractivity (Wildman–Crippen MR) is 64.5 cm³/mol. The molecule has 0 amide bonds. The summed E-state index contributed by atoms with van der Waals surface area (Å²) in [5.74, 6) is -0.818. The fraction of sp³-hybridized carbons (Fsp3) is 0.462. The molecule has 3 nitrogen and oxygen atoms in total. The van der Waals surface area contributed by atoms with Gasteiger partial charge in [0.15, 0.2) is 0 Å². The van der Waals surface area contributed by atoms with Gasteiger partial charge in [0, 0.05) is 0 Å². The molecule has 1 rings (SSSR count). The summed E-state index contributed by atoms with van der Waals surface area (Å²) in [6.07, 6.45) is 2.06. The van der Waals surface area contributed by atoms with Gasteiger partial charge in [0.2, 0.25) is 0 Å². The van der Waals surface area contributed by atoms with Crippen LogP contribution in [0.2, 0.25) is 0 Å². The van der Waals surface area contributed by atoms with Crippen molar-refractivity contribution in [1.29, 1.82) is 0 Å². The van der Waals surface area contributed by atoms with Crippen LogP contribution in [0.25, 0.3) is 0 Å².